The van der Waals surface area contributed by atoms with Crippen molar-refractivity contribution < 1.29 is 0 Å². The number of unbranched alkanes of at least 4 members (excludes halogenated alkanes) is 4. The van der Waals surface area contributed by atoms with Crippen molar-refractivity contribution in [2.75, 3.05) is 0 Å². The van der Waals surface area contributed by atoms with Crippen molar-refractivity contribution in [3.05, 3.63) is 18.4 Å². The van der Waals surface area contributed by atoms with E-state index in [0.717, 1.165) is 6.42 Å². The first kappa shape index (κ1) is 70.4. The number of hydrogen-bond acceptors (Lipinski definition) is 0. The highest BCUT2D eigenvalue weighted by atomic mass is 13.9. The van der Waals surface area contributed by atoms with E-state index in [-0.39, 0.29) is 59.4 Å². The maximum atomic E-state index is 3.50. The summed E-state index contributed by atoms with van der Waals surface area (Å²) >= 11 is 0. The topological polar surface area (TPSA) is 0 Å². The van der Waals surface area contributed by atoms with E-state index in [9.17, 15) is 0 Å². The Balaban J connectivity index is -0.0000000114. The molecule has 0 aliphatic carbocycles. The minimum absolute atomic E-state index is 0. The molecular weight excluding hydrogens is 204 g/mol. The van der Waals surface area contributed by atoms with Gasteiger partial charge in [-0.15, -0.1) is 5.73 Å². The average molecular weight is 253 g/mol. The van der Waals surface area contributed by atoms with Crippen LogP contribution in [0.3, 0.4) is 0 Å². The summed E-state index contributed by atoms with van der Waals surface area (Å²) in [6.07, 6.45) is 8.51. The molecule has 0 saturated carbocycles. The Morgan fingerprint density at radius 3 is 1.47 bits per heavy atom. The molecule has 0 nitrogen and oxygen atoms in total. The number of rotatable bonds is 5. The Hall–Kier alpha value is -0.480. The van der Waals surface area contributed by atoms with Gasteiger partial charge >= 0.3 is 0 Å². The van der Waals surface area contributed by atoms with Gasteiger partial charge in [-0.3, -0.25) is 0 Å². The van der Waals surface area contributed by atoms with Crippen LogP contribution in [0, 0.1) is 0 Å². The molecule has 0 unspecified atom stereocenters. The fourth-order valence-electron chi connectivity index (χ4n) is 0.775. The monoisotopic (exact) mass is 252 g/mol. The highest BCUT2D eigenvalue weighted by Gasteiger charge is 1.82. The second-order valence-electron chi connectivity index (χ2n) is 2.26. The molecule has 0 aromatic carbocycles. The Morgan fingerprint density at radius 1 is 0.765 bits per heavy atom. The molecule has 0 fully saturated rings. The van der Waals surface area contributed by atoms with E-state index in [4.69, 9.17) is 0 Å². The average Bonchev–Trinajstić information content (AvgIpc) is 1.89. The van der Waals surface area contributed by atoms with Crippen LogP contribution in [0.15, 0.2) is 18.4 Å². The van der Waals surface area contributed by atoms with Gasteiger partial charge in [0, 0.05) is 0 Å². The molecule has 116 valence electrons. The summed E-state index contributed by atoms with van der Waals surface area (Å²) in [5, 5.41) is 0. The largest absolute Gasteiger partial charge is 0.133 e. The number of hydrogen-bond donors (Lipinski definition) is 0. The zero-order valence-electron chi connectivity index (χ0n) is 6.32. The predicted molar refractivity (Wildman–Crippen MR) is 96.3 cm³/mol. The van der Waals surface area contributed by atoms with Crippen molar-refractivity contribution in [1.29, 1.82) is 0 Å². The summed E-state index contributed by atoms with van der Waals surface area (Å²) in [7, 11) is 0. The van der Waals surface area contributed by atoms with Gasteiger partial charge in [0.2, 0.25) is 0 Å². The van der Waals surface area contributed by atoms with Gasteiger partial charge in [0.05, 0.1) is 0 Å². The normalized spacial score (nSPS) is 4.53. The summed E-state index contributed by atoms with van der Waals surface area (Å²) in [5.41, 5.74) is 2.77. The summed E-state index contributed by atoms with van der Waals surface area (Å²) in [6.45, 7) is 5.72. The molecule has 0 aromatic heterocycles. The summed E-state index contributed by atoms with van der Waals surface area (Å²) < 4.78 is 0. The van der Waals surface area contributed by atoms with Crippen molar-refractivity contribution in [2.45, 2.75) is 98.4 Å². The van der Waals surface area contributed by atoms with Gasteiger partial charge in [-0.2, -0.15) is 0 Å². The van der Waals surface area contributed by atoms with E-state index in [1.54, 1.807) is 0 Å². The molecule has 0 atom stereocenters. The fourth-order valence-corrected chi connectivity index (χ4v) is 0.775. The molecule has 0 radical (unpaired) electrons. The first-order valence-electron chi connectivity index (χ1n) is 3.76. The third kappa shape index (κ3) is 93.1. The lowest BCUT2D eigenvalue weighted by Gasteiger charge is -1.91. The lowest BCUT2D eigenvalue weighted by Crippen LogP contribution is -1.72. The van der Waals surface area contributed by atoms with Crippen molar-refractivity contribution in [3.8, 4) is 0 Å². The van der Waals surface area contributed by atoms with Gasteiger partial charge in [0.25, 0.3) is 0 Å². The predicted octanol–water partition coefficient (Wildman–Crippen LogP) is 8.39. The van der Waals surface area contributed by atoms with Crippen molar-refractivity contribution in [3.63, 3.8) is 0 Å². The molecule has 0 heterocycles. The maximum Gasteiger partial charge on any atom is -0.0275 e. The third-order valence-electron chi connectivity index (χ3n) is 1.35. The van der Waals surface area contributed by atoms with Gasteiger partial charge in [0.1, 0.15) is 0 Å². The zero-order valence-corrected chi connectivity index (χ0v) is 6.32. The van der Waals surface area contributed by atoms with Crippen molar-refractivity contribution >= 4 is 0 Å². The van der Waals surface area contributed by atoms with E-state index in [2.05, 4.69) is 19.2 Å². The molecule has 0 aliphatic rings. The molecule has 0 N–H and O–H groups in total. The van der Waals surface area contributed by atoms with Gasteiger partial charge in [-0.1, -0.05) is 92.2 Å². The standard InChI is InChI=1S/C9H16.8CH4/c1-3-5-7-9-8-6-4-2;;;;;;;;/h5H,1,4,6-9H2,2H3;8*1H4. The van der Waals surface area contributed by atoms with E-state index in [1.165, 1.54) is 25.7 Å². The quantitative estimate of drug-likeness (QED) is 0.340. The Kier molecular flexibility index (Phi) is 319. The zero-order chi connectivity index (χ0) is 6.95. The Bertz CT molecular complexity index is 86.2. The SMILES string of the molecule is C.C.C.C.C.C.C.C.C=C=CCCCCCC. The first-order valence-corrected chi connectivity index (χ1v) is 3.76. The van der Waals surface area contributed by atoms with Crippen LogP contribution in [0.4, 0.5) is 0 Å². The Morgan fingerprint density at radius 2 is 1.18 bits per heavy atom. The molecular formula is C17H48. The van der Waals surface area contributed by atoms with E-state index in [0.29, 0.717) is 0 Å². The second kappa shape index (κ2) is 77.0. The molecule has 0 aliphatic heterocycles. The lowest BCUT2D eigenvalue weighted by atomic mass is 10.1. The molecule has 0 saturated heterocycles. The van der Waals surface area contributed by atoms with Crippen LogP contribution < -0.4 is 0 Å². The van der Waals surface area contributed by atoms with Crippen LogP contribution >= 0.6 is 0 Å². The van der Waals surface area contributed by atoms with Crippen LogP contribution in [-0.2, 0) is 0 Å². The van der Waals surface area contributed by atoms with Crippen LogP contribution in [0.2, 0.25) is 0 Å². The minimum atomic E-state index is 0. The third-order valence-corrected chi connectivity index (χ3v) is 1.35. The molecule has 0 heteroatoms. The fraction of sp³-hybridized carbons (Fsp3) is 0.824. The summed E-state index contributed by atoms with van der Waals surface area (Å²) in [6, 6.07) is 0. The van der Waals surface area contributed by atoms with E-state index in [1.807, 2.05) is 6.08 Å². The summed E-state index contributed by atoms with van der Waals surface area (Å²) in [5.74, 6) is 0. The van der Waals surface area contributed by atoms with E-state index < -0.39 is 0 Å². The minimum Gasteiger partial charge on any atom is -0.133 e. The number of allylic oxidation sites excluding steroid dienone is 1. The first-order chi connectivity index (χ1) is 4.41. The van der Waals surface area contributed by atoms with Gasteiger partial charge < -0.3 is 0 Å². The smallest absolute Gasteiger partial charge is 0.0275 e. The van der Waals surface area contributed by atoms with Gasteiger partial charge in [0.15, 0.2) is 0 Å². The summed E-state index contributed by atoms with van der Waals surface area (Å²) in [4.78, 5) is 0. The molecule has 0 aromatic rings. The molecule has 0 spiro atoms. The molecule has 0 amide bonds. The van der Waals surface area contributed by atoms with Gasteiger partial charge in [-0.25, -0.2) is 0 Å². The van der Waals surface area contributed by atoms with E-state index >= 15 is 0 Å². The molecule has 0 rings (SSSR count). The maximum absolute atomic E-state index is 3.50. The van der Waals surface area contributed by atoms with Crippen LogP contribution in [-0.4, -0.2) is 0 Å². The van der Waals surface area contributed by atoms with Gasteiger partial charge in [-0.05, 0) is 18.9 Å². The second-order valence-corrected chi connectivity index (χ2v) is 2.26. The highest BCUT2D eigenvalue weighted by molar-refractivity contribution is 4.74. The van der Waals surface area contributed by atoms with Crippen molar-refractivity contribution in [2.24, 2.45) is 0 Å². The highest BCUT2D eigenvalue weighted by Crippen LogP contribution is 2.01. The van der Waals surface area contributed by atoms with Crippen LogP contribution in [0.1, 0.15) is 98.4 Å². The molecule has 0 bridgehead atoms. The van der Waals surface area contributed by atoms with Crippen LogP contribution in [0.25, 0.3) is 0 Å². The van der Waals surface area contributed by atoms with Crippen LogP contribution in [0.5, 0.6) is 0 Å². The Labute approximate surface area is 117 Å². The lowest BCUT2D eigenvalue weighted by molar-refractivity contribution is 0.675. The van der Waals surface area contributed by atoms with Crippen molar-refractivity contribution in [1.82, 2.24) is 0 Å². The molecule has 17 heavy (non-hydrogen) atoms.